The van der Waals surface area contributed by atoms with Gasteiger partial charge in [-0.25, -0.2) is 0 Å². The van der Waals surface area contributed by atoms with Gasteiger partial charge in [0.15, 0.2) is 5.16 Å². The lowest BCUT2D eigenvalue weighted by Gasteiger charge is -2.15. The number of aromatic nitrogens is 3. The van der Waals surface area contributed by atoms with E-state index in [0.717, 1.165) is 11.8 Å². The zero-order valence-corrected chi connectivity index (χ0v) is 11.4. The number of nitrogens with zero attached hydrogens (tertiary/aromatic N) is 4. The summed E-state index contributed by atoms with van der Waals surface area (Å²) in [7, 11) is 1.71. The van der Waals surface area contributed by atoms with Crippen molar-refractivity contribution < 1.29 is 14.7 Å². The summed E-state index contributed by atoms with van der Waals surface area (Å²) in [5, 5.41) is 16.8. The van der Waals surface area contributed by atoms with E-state index in [2.05, 4.69) is 10.2 Å². The Morgan fingerprint density at radius 2 is 2.11 bits per heavy atom. The van der Waals surface area contributed by atoms with Gasteiger partial charge in [0, 0.05) is 13.6 Å². The molecule has 0 aliphatic carbocycles. The van der Waals surface area contributed by atoms with Crippen molar-refractivity contribution in [3.05, 3.63) is 5.82 Å². The van der Waals surface area contributed by atoms with E-state index in [1.807, 2.05) is 6.92 Å². The molecule has 0 saturated carbocycles. The van der Waals surface area contributed by atoms with Crippen molar-refractivity contribution in [2.45, 2.75) is 25.5 Å². The Hall–Kier alpha value is -1.57. The molecule has 1 aromatic rings. The second kappa shape index (κ2) is 6.39. The van der Waals surface area contributed by atoms with Crippen LogP contribution in [0.25, 0.3) is 0 Å². The van der Waals surface area contributed by atoms with Crippen LogP contribution in [0.2, 0.25) is 0 Å². The summed E-state index contributed by atoms with van der Waals surface area (Å²) >= 11 is 1.06. The Morgan fingerprint density at radius 3 is 2.67 bits per heavy atom. The number of carboxylic acid groups (broad SMARTS) is 1. The quantitative estimate of drug-likeness (QED) is 0.746. The molecule has 1 amide bonds. The lowest BCUT2D eigenvalue weighted by molar-refractivity contribution is -0.134. The zero-order chi connectivity index (χ0) is 13.7. The topological polar surface area (TPSA) is 88.3 Å². The lowest BCUT2D eigenvalue weighted by Crippen LogP contribution is -2.30. The number of thioether (sulfide) groups is 1. The summed E-state index contributed by atoms with van der Waals surface area (Å²) in [6.07, 6.45) is 0. The summed E-state index contributed by atoms with van der Waals surface area (Å²) < 4.78 is 1.63. The van der Waals surface area contributed by atoms with Gasteiger partial charge in [-0.1, -0.05) is 11.8 Å². The Bertz CT molecular complexity index is 446. The van der Waals surface area contributed by atoms with Crippen LogP contribution in [0, 0.1) is 6.92 Å². The molecule has 100 valence electrons. The smallest absolute Gasteiger partial charge is 0.313 e. The average Bonchev–Trinajstić information content (AvgIpc) is 2.67. The fraction of sp³-hybridized carbons (Fsp3) is 0.600. The Morgan fingerprint density at radius 1 is 1.44 bits per heavy atom. The van der Waals surface area contributed by atoms with Gasteiger partial charge < -0.3 is 10.0 Å². The molecule has 0 aromatic carbocycles. The van der Waals surface area contributed by atoms with Crippen LogP contribution < -0.4 is 0 Å². The van der Waals surface area contributed by atoms with Crippen molar-refractivity contribution in [3.63, 3.8) is 0 Å². The minimum absolute atomic E-state index is 0.0578. The van der Waals surface area contributed by atoms with E-state index >= 15 is 0 Å². The summed E-state index contributed by atoms with van der Waals surface area (Å²) in [6, 6.07) is 0. The number of carboxylic acids is 1. The van der Waals surface area contributed by atoms with E-state index in [9.17, 15) is 9.59 Å². The van der Waals surface area contributed by atoms with Gasteiger partial charge in [0.2, 0.25) is 5.91 Å². The highest BCUT2D eigenvalue weighted by Gasteiger charge is 2.15. The van der Waals surface area contributed by atoms with E-state index in [0.29, 0.717) is 17.5 Å². The molecular formula is C10H16N4O3S. The van der Waals surface area contributed by atoms with Crippen molar-refractivity contribution >= 4 is 23.6 Å². The molecule has 1 N–H and O–H groups in total. The fourth-order valence-corrected chi connectivity index (χ4v) is 1.91. The molecule has 0 aliphatic rings. The fourth-order valence-electron chi connectivity index (χ4n) is 1.21. The summed E-state index contributed by atoms with van der Waals surface area (Å²) in [6.45, 7) is 4.37. The number of rotatable bonds is 6. The highest BCUT2D eigenvalue weighted by molar-refractivity contribution is 7.99. The van der Waals surface area contributed by atoms with Gasteiger partial charge in [0.25, 0.3) is 0 Å². The van der Waals surface area contributed by atoms with E-state index in [4.69, 9.17) is 5.11 Å². The lowest BCUT2D eigenvalue weighted by atomic mass is 10.5. The van der Waals surface area contributed by atoms with Gasteiger partial charge in [0.1, 0.15) is 12.4 Å². The molecule has 0 fully saturated rings. The minimum atomic E-state index is -0.927. The first kappa shape index (κ1) is 14.5. The van der Waals surface area contributed by atoms with Gasteiger partial charge in [-0.15, -0.1) is 10.2 Å². The SMILES string of the molecule is CCN(C)C(=O)Cn1c(C)nnc1SCC(=O)O. The number of aliphatic carboxylic acids is 1. The predicted octanol–water partition coefficient (Wildman–Crippen LogP) is 0.242. The number of amides is 1. The maximum atomic E-state index is 11.8. The molecule has 0 atom stereocenters. The van der Waals surface area contributed by atoms with Gasteiger partial charge in [0.05, 0.1) is 5.75 Å². The Kier molecular flexibility index (Phi) is 5.14. The Labute approximate surface area is 109 Å². The zero-order valence-electron chi connectivity index (χ0n) is 10.6. The molecule has 0 bridgehead atoms. The van der Waals surface area contributed by atoms with Gasteiger partial charge >= 0.3 is 5.97 Å². The van der Waals surface area contributed by atoms with Crippen molar-refractivity contribution in [3.8, 4) is 0 Å². The van der Waals surface area contributed by atoms with E-state index in [1.54, 1.807) is 23.4 Å². The van der Waals surface area contributed by atoms with E-state index in [1.165, 1.54) is 0 Å². The van der Waals surface area contributed by atoms with Crippen LogP contribution in [0.4, 0.5) is 0 Å². The largest absolute Gasteiger partial charge is 0.481 e. The molecule has 1 rings (SSSR count). The van der Waals surface area contributed by atoms with Crippen molar-refractivity contribution in [2.24, 2.45) is 0 Å². The first-order chi connectivity index (χ1) is 8.45. The normalized spacial score (nSPS) is 10.4. The standard InChI is InChI=1S/C10H16N4O3S/c1-4-13(3)8(15)5-14-7(2)11-12-10(14)18-6-9(16)17/h4-6H2,1-3H3,(H,16,17). The van der Waals surface area contributed by atoms with Crippen LogP contribution >= 0.6 is 11.8 Å². The highest BCUT2D eigenvalue weighted by atomic mass is 32.2. The van der Waals surface area contributed by atoms with Crippen molar-refractivity contribution in [2.75, 3.05) is 19.3 Å². The number of aryl methyl sites for hydroxylation is 1. The number of likely N-dealkylation sites (N-methyl/N-ethyl adjacent to an activating group) is 1. The minimum Gasteiger partial charge on any atom is -0.481 e. The first-order valence-corrected chi connectivity index (χ1v) is 6.42. The summed E-state index contributed by atoms with van der Waals surface area (Å²) in [5.74, 6) is -0.488. The van der Waals surface area contributed by atoms with Gasteiger partial charge in [-0.2, -0.15) is 0 Å². The molecule has 0 aliphatic heterocycles. The molecular weight excluding hydrogens is 256 g/mol. The molecule has 0 spiro atoms. The maximum absolute atomic E-state index is 11.8. The molecule has 7 nitrogen and oxygen atoms in total. The highest BCUT2D eigenvalue weighted by Crippen LogP contribution is 2.16. The van der Waals surface area contributed by atoms with Crippen LogP contribution in [0.15, 0.2) is 5.16 Å². The van der Waals surface area contributed by atoms with Crippen molar-refractivity contribution in [1.82, 2.24) is 19.7 Å². The van der Waals surface area contributed by atoms with Crippen LogP contribution in [-0.4, -0.2) is 56.0 Å². The third-order valence-electron chi connectivity index (χ3n) is 2.42. The molecule has 1 heterocycles. The number of hydrogen-bond acceptors (Lipinski definition) is 5. The molecule has 18 heavy (non-hydrogen) atoms. The van der Waals surface area contributed by atoms with E-state index in [-0.39, 0.29) is 18.2 Å². The third kappa shape index (κ3) is 3.73. The second-order valence-corrected chi connectivity index (χ2v) is 4.65. The number of carbonyl (C=O) groups is 2. The number of carbonyl (C=O) groups excluding carboxylic acids is 1. The third-order valence-corrected chi connectivity index (χ3v) is 3.37. The number of hydrogen-bond donors (Lipinski definition) is 1. The summed E-state index contributed by atoms with van der Waals surface area (Å²) in [5.41, 5.74) is 0. The van der Waals surface area contributed by atoms with Crippen LogP contribution in [0.3, 0.4) is 0 Å². The molecule has 8 heteroatoms. The first-order valence-electron chi connectivity index (χ1n) is 5.44. The van der Waals surface area contributed by atoms with Gasteiger partial charge in [-0.3, -0.25) is 14.2 Å². The molecule has 0 radical (unpaired) electrons. The van der Waals surface area contributed by atoms with Crippen LogP contribution in [0.1, 0.15) is 12.7 Å². The molecule has 1 aromatic heterocycles. The maximum Gasteiger partial charge on any atom is 0.313 e. The monoisotopic (exact) mass is 272 g/mol. The molecule has 0 unspecified atom stereocenters. The van der Waals surface area contributed by atoms with Crippen LogP contribution in [-0.2, 0) is 16.1 Å². The Balaban J connectivity index is 2.78. The van der Waals surface area contributed by atoms with Crippen LogP contribution in [0.5, 0.6) is 0 Å². The predicted molar refractivity (Wildman–Crippen MR) is 66.4 cm³/mol. The second-order valence-electron chi connectivity index (χ2n) is 3.71. The van der Waals surface area contributed by atoms with Crippen molar-refractivity contribution in [1.29, 1.82) is 0 Å². The molecule has 0 saturated heterocycles. The summed E-state index contributed by atoms with van der Waals surface area (Å²) in [4.78, 5) is 23.9. The average molecular weight is 272 g/mol. The van der Waals surface area contributed by atoms with E-state index < -0.39 is 5.97 Å². The van der Waals surface area contributed by atoms with Gasteiger partial charge in [-0.05, 0) is 13.8 Å².